The molecule has 0 saturated heterocycles. The third-order valence-corrected chi connectivity index (χ3v) is 0.825. The number of hydrogen-bond donors (Lipinski definition) is 1. The van der Waals surface area contributed by atoms with Crippen molar-refractivity contribution in [2.24, 2.45) is 5.73 Å². The van der Waals surface area contributed by atoms with Crippen LogP contribution >= 0.6 is 0 Å². The molecular formula is C5H9N3O3. The molecule has 0 aliphatic heterocycles. The molecule has 0 saturated carbocycles. The Balaban J connectivity index is 0. The molecule has 1 heterocycles. The van der Waals surface area contributed by atoms with Crippen LogP contribution in [0.1, 0.15) is 10.5 Å². The maximum atomic E-state index is 10.3. The summed E-state index contributed by atoms with van der Waals surface area (Å²) in [5.41, 5.74) is 5.06. The molecule has 0 spiro atoms. The predicted octanol–water partition coefficient (Wildman–Crippen LogP) is -2.07. The first-order valence-electron chi connectivity index (χ1n) is 2.38. The van der Waals surface area contributed by atoms with Gasteiger partial charge in [0.2, 0.25) is 0 Å². The van der Waals surface area contributed by atoms with E-state index in [2.05, 4.69) is 10.2 Å². The van der Waals surface area contributed by atoms with E-state index in [1.807, 2.05) is 0 Å². The fourth-order valence-corrected chi connectivity index (χ4v) is 0.433. The van der Waals surface area contributed by atoms with Gasteiger partial charge in [0.15, 0.2) is 5.69 Å². The van der Waals surface area contributed by atoms with Crippen LogP contribution in [-0.2, 0) is 0 Å². The molecular weight excluding hydrogens is 150 g/mol. The number of amides is 1. The second-order valence-electron chi connectivity index (χ2n) is 1.47. The van der Waals surface area contributed by atoms with E-state index in [9.17, 15) is 4.79 Å². The Morgan fingerprint density at radius 3 is 2.36 bits per heavy atom. The Hall–Kier alpha value is -1.53. The largest absolute Gasteiger partial charge is 0.412 e. The lowest BCUT2D eigenvalue weighted by molar-refractivity contribution is 0.0994. The molecule has 1 aromatic heterocycles. The average molecular weight is 159 g/mol. The van der Waals surface area contributed by atoms with Crippen molar-refractivity contribution in [1.29, 1.82) is 0 Å². The summed E-state index contributed by atoms with van der Waals surface area (Å²) < 4.78 is 0. The van der Waals surface area contributed by atoms with E-state index in [0.717, 1.165) is 0 Å². The molecule has 62 valence electrons. The molecule has 6 heteroatoms. The van der Waals surface area contributed by atoms with Gasteiger partial charge in [0.1, 0.15) is 0 Å². The van der Waals surface area contributed by atoms with E-state index in [4.69, 9.17) is 5.73 Å². The predicted molar refractivity (Wildman–Crippen MR) is 37.8 cm³/mol. The first-order chi connectivity index (χ1) is 4.30. The van der Waals surface area contributed by atoms with Crippen LogP contribution in [0.15, 0.2) is 18.3 Å². The zero-order valence-corrected chi connectivity index (χ0v) is 5.61. The maximum absolute atomic E-state index is 10.3. The van der Waals surface area contributed by atoms with E-state index in [0.29, 0.717) is 0 Å². The number of nitrogens with two attached hydrogens (primary N) is 1. The van der Waals surface area contributed by atoms with Crippen LogP contribution in [0, 0.1) is 0 Å². The van der Waals surface area contributed by atoms with Gasteiger partial charge >= 0.3 is 0 Å². The van der Waals surface area contributed by atoms with Gasteiger partial charge in [-0.3, -0.25) is 4.79 Å². The van der Waals surface area contributed by atoms with E-state index in [-0.39, 0.29) is 16.6 Å². The fraction of sp³-hybridized carbons (Fsp3) is 0. The Morgan fingerprint density at radius 1 is 1.45 bits per heavy atom. The molecule has 0 radical (unpaired) electrons. The average Bonchev–Trinajstić information content (AvgIpc) is 1.90. The van der Waals surface area contributed by atoms with Crippen molar-refractivity contribution in [3.05, 3.63) is 24.0 Å². The van der Waals surface area contributed by atoms with Crippen LogP contribution in [0.25, 0.3) is 0 Å². The Kier molecular flexibility index (Phi) is 5.83. The Bertz CT molecular complexity index is 213. The molecule has 0 aromatic carbocycles. The first kappa shape index (κ1) is 12.2. The lowest BCUT2D eigenvalue weighted by Crippen LogP contribution is -2.12. The van der Waals surface area contributed by atoms with Crippen LogP contribution in [0.4, 0.5) is 0 Å². The zero-order chi connectivity index (χ0) is 6.69. The lowest BCUT2D eigenvalue weighted by atomic mass is 10.4. The van der Waals surface area contributed by atoms with Gasteiger partial charge in [0.25, 0.3) is 5.91 Å². The summed E-state index contributed by atoms with van der Waals surface area (Å²) in [5.74, 6) is -0.553. The SMILES string of the molecule is NC(=O)c1cccnn1.O.O. The molecule has 6 N–H and O–H groups in total. The summed E-state index contributed by atoms with van der Waals surface area (Å²) in [6.07, 6.45) is 1.48. The molecule has 1 amide bonds. The molecule has 0 aliphatic carbocycles. The Labute approximate surface area is 62.7 Å². The molecule has 1 aromatic rings. The van der Waals surface area contributed by atoms with Crippen molar-refractivity contribution in [3.63, 3.8) is 0 Å². The highest BCUT2D eigenvalue weighted by atomic mass is 16.1. The highest BCUT2D eigenvalue weighted by Gasteiger charge is 1.97. The van der Waals surface area contributed by atoms with Crippen LogP contribution in [0.2, 0.25) is 0 Å². The third kappa shape index (κ3) is 3.23. The maximum Gasteiger partial charge on any atom is 0.269 e. The summed E-state index contributed by atoms with van der Waals surface area (Å²) in [6.45, 7) is 0. The van der Waals surface area contributed by atoms with E-state index in [1.165, 1.54) is 12.3 Å². The number of hydrogen-bond acceptors (Lipinski definition) is 3. The first-order valence-corrected chi connectivity index (χ1v) is 2.38. The lowest BCUT2D eigenvalue weighted by Gasteiger charge is -1.87. The smallest absolute Gasteiger partial charge is 0.269 e. The van der Waals surface area contributed by atoms with Crippen LogP contribution in [0.5, 0.6) is 0 Å². The van der Waals surface area contributed by atoms with Crippen molar-refractivity contribution in [3.8, 4) is 0 Å². The van der Waals surface area contributed by atoms with Crippen molar-refractivity contribution in [2.45, 2.75) is 0 Å². The van der Waals surface area contributed by atoms with Gasteiger partial charge in [-0.1, -0.05) is 0 Å². The normalized spacial score (nSPS) is 7.27. The van der Waals surface area contributed by atoms with E-state index >= 15 is 0 Å². The summed E-state index contributed by atoms with van der Waals surface area (Å²) in [6, 6.07) is 3.11. The monoisotopic (exact) mass is 159 g/mol. The molecule has 0 unspecified atom stereocenters. The number of carbonyl (C=O) groups is 1. The van der Waals surface area contributed by atoms with Gasteiger partial charge in [-0.15, -0.1) is 5.10 Å². The van der Waals surface area contributed by atoms with Crippen LogP contribution < -0.4 is 5.73 Å². The van der Waals surface area contributed by atoms with Crippen molar-refractivity contribution < 1.29 is 15.7 Å². The minimum atomic E-state index is -0.553. The number of rotatable bonds is 1. The quantitative estimate of drug-likeness (QED) is 0.504. The van der Waals surface area contributed by atoms with Gasteiger partial charge < -0.3 is 16.7 Å². The zero-order valence-electron chi connectivity index (χ0n) is 5.61. The van der Waals surface area contributed by atoms with Gasteiger partial charge in [-0.2, -0.15) is 5.10 Å². The minimum absolute atomic E-state index is 0. The molecule has 11 heavy (non-hydrogen) atoms. The third-order valence-electron chi connectivity index (χ3n) is 0.825. The fourth-order valence-electron chi connectivity index (χ4n) is 0.433. The number of carbonyl (C=O) groups excluding carboxylic acids is 1. The Morgan fingerprint density at radius 2 is 2.09 bits per heavy atom. The molecule has 0 atom stereocenters. The highest BCUT2D eigenvalue weighted by Crippen LogP contribution is 1.86. The van der Waals surface area contributed by atoms with Gasteiger partial charge in [0, 0.05) is 6.20 Å². The summed E-state index contributed by atoms with van der Waals surface area (Å²) >= 11 is 0. The highest BCUT2D eigenvalue weighted by molar-refractivity contribution is 5.90. The van der Waals surface area contributed by atoms with E-state index < -0.39 is 5.91 Å². The minimum Gasteiger partial charge on any atom is -0.412 e. The molecule has 6 nitrogen and oxygen atoms in total. The van der Waals surface area contributed by atoms with Gasteiger partial charge in [-0.25, -0.2) is 0 Å². The van der Waals surface area contributed by atoms with Crippen molar-refractivity contribution in [1.82, 2.24) is 10.2 Å². The molecule has 1 rings (SSSR count). The van der Waals surface area contributed by atoms with Gasteiger partial charge in [0.05, 0.1) is 0 Å². The molecule has 0 bridgehead atoms. The molecule has 0 aliphatic rings. The topological polar surface area (TPSA) is 132 Å². The second kappa shape index (κ2) is 5.27. The molecule has 0 fully saturated rings. The van der Waals surface area contributed by atoms with Crippen LogP contribution in [0.3, 0.4) is 0 Å². The van der Waals surface area contributed by atoms with Crippen LogP contribution in [-0.4, -0.2) is 27.1 Å². The summed E-state index contributed by atoms with van der Waals surface area (Å²) in [4.78, 5) is 10.3. The second-order valence-corrected chi connectivity index (χ2v) is 1.47. The van der Waals surface area contributed by atoms with E-state index in [1.54, 1.807) is 6.07 Å². The summed E-state index contributed by atoms with van der Waals surface area (Å²) in [5, 5.41) is 6.91. The standard InChI is InChI=1S/C5H5N3O.2H2O/c6-5(9)4-2-1-3-7-8-4;;/h1-3H,(H2,6,9);2*1H2. The number of aromatic nitrogens is 2. The summed E-state index contributed by atoms with van der Waals surface area (Å²) in [7, 11) is 0. The van der Waals surface area contributed by atoms with Gasteiger partial charge in [-0.05, 0) is 12.1 Å². The number of primary amides is 1. The van der Waals surface area contributed by atoms with Crippen molar-refractivity contribution in [2.75, 3.05) is 0 Å². The van der Waals surface area contributed by atoms with Crippen molar-refractivity contribution >= 4 is 5.91 Å². The number of nitrogens with zero attached hydrogens (tertiary/aromatic N) is 2.